The van der Waals surface area contributed by atoms with Crippen molar-refractivity contribution in [3.63, 3.8) is 0 Å². The van der Waals surface area contributed by atoms with Crippen molar-refractivity contribution in [3.05, 3.63) is 100 Å². The summed E-state index contributed by atoms with van der Waals surface area (Å²) in [6.07, 6.45) is 10.1. The summed E-state index contributed by atoms with van der Waals surface area (Å²) in [7, 11) is 3.77. The van der Waals surface area contributed by atoms with E-state index in [1.54, 1.807) is 19.4 Å². The summed E-state index contributed by atoms with van der Waals surface area (Å²) < 4.78 is 11.2. The van der Waals surface area contributed by atoms with Crippen LogP contribution >= 0.6 is 11.6 Å². The molecule has 0 saturated carbocycles. The Bertz CT molecular complexity index is 1550. The number of carbonyl (C=O) groups excluding carboxylic acids is 1. The number of pyridine rings is 1. The second-order valence-corrected chi connectivity index (χ2v) is 12.0. The van der Waals surface area contributed by atoms with Crippen LogP contribution in [0.4, 0.5) is 17.1 Å². The molecule has 0 bridgehead atoms. The summed E-state index contributed by atoms with van der Waals surface area (Å²) in [6, 6.07) is 15.4. The van der Waals surface area contributed by atoms with E-state index in [2.05, 4.69) is 32.9 Å². The number of aliphatic imine (C=N–C) groups is 1. The highest BCUT2D eigenvalue weighted by molar-refractivity contribution is 6.32. The minimum Gasteiger partial charge on any atom is -0.486 e. The molecule has 1 atom stereocenters. The Balaban J connectivity index is 1.64. The Kier molecular flexibility index (Phi) is 13.2. The van der Waals surface area contributed by atoms with Crippen molar-refractivity contribution in [3.8, 4) is 5.75 Å². The number of nitrogens with zero attached hydrogens (tertiary/aromatic N) is 3. The van der Waals surface area contributed by atoms with Crippen LogP contribution in [-0.2, 0) is 16.1 Å². The maximum atomic E-state index is 13.1. The van der Waals surface area contributed by atoms with Crippen LogP contribution < -0.4 is 20.7 Å². The third kappa shape index (κ3) is 10.2. The van der Waals surface area contributed by atoms with Crippen molar-refractivity contribution in [1.29, 1.82) is 0 Å². The Hall–Kier alpha value is -4.18. The number of aryl methyl sites for hydroxylation is 1. The number of amides is 1. The first kappa shape index (κ1) is 34.7. The third-order valence-corrected chi connectivity index (χ3v) is 7.83. The summed E-state index contributed by atoms with van der Waals surface area (Å²) in [4.78, 5) is 24.6. The number of halogens is 1. The SMILES string of the molecule is COCCCNc1c(NC(=O)/C=C/C2CCCN2C)ccc(C)c1C(=NC=C(C)C)Nc1ccc(OCc2ccccn2)c(Cl)c1. The molecule has 4 rings (SSSR count). The molecule has 2 aromatic carbocycles. The lowest BCUT2D eigenvalue weighted by atomic mass is 10.0. The van der Waals surface area contributed by atoms with Crippen LogP contribution in [0.2, 0.25) is 5.02 Å². The van der Waals surface area contributed by atoms with Crippen LogP contribution in [0.15, 0.2) is 83.6 Å². The van der Waals surface area contributed by atoms with Gasteiger partial charge in [-0.3, -0.25) is 14.7 Å². The molecular weight excluding hydrogens is 600 g/mol. The van der Waals surface area contributed by atoms with E-state index in [-0.39, 0.29) is 11.9 Å². The van der Waals surface area contributed by atoms with E-state index in [9.17, 15) is 4.79 Å². The number of hydrogen-bond acceptors (Lipinski definition) is 7. The van der Waals surface area contributed by atoms with Gasteiger partial charge in [0.2, 0.25) is 5.91 Å². The highest BCUT2D eigenvalue weighted by atomic mass is 35.5. The van der Waals surface area contributed by atoms with Crippen LogP contribution in [0.5, 0.6) is 5.75 Å². The van der Waals surface area contributed by atoms with Gasteiger partial charge in [-0.15, -0.1) is 0 Å². The smallest absolute Gasteiger partial charge is 0.248 e. The molecule has 244 valence electrons. The first-order valence-electron chi connectivity index (χ1n) is 15.6. The number of anilines is 3. The highest BCUT2D eigenvalue weighted by Crippen LogP contribution is 2.33. The van der Waals surface area contributed by atoms with Crippen molar-refractivity contribution in [2.75, 3.05) is 49.8 Å². The van der Waals surface area contributed by atoms with Gasteiger partial charge >= 0.3 is 0 Å². The number of amidine groups is 1. The monoisotopic (exact) mass is 644 g/mol. The second-order valence-electron chi connectivity index (χ2n) is 11.6. The Morgan fingerprint density at radius 3 is 2.72 bits per heavy atom. The molecule has 1 fully saturated rings. The Labute approximate surface area is 277 Å². The molecule has 9 nitrogen and oxygen atoms in total. The van der Waals surface area contributed by atoms with E-state index in [1.807, 2.05) is 81.6 Å². The van der Waals surface area contributed by atoms with Gasteiger partial charge in [0.15, 0.2) is 0 Å². The maximum Gasteiger partial charge on any atom is 0.248 e. The summed E-state index contributed by atoms with van der Waals surface area (Å²) in [6.45, 7) is 8.61. The molecule has 3 N–H and O–H groups in total. The minimum absolute atomic E-state index is 0.182. The molecule has 1 amide bonds. The van der Waals surface area contributed by atoms with Gasteiger partial charge in [-0.05, 0) is 95.6 Å². The molecule has 1 unspecified atom stereocenters. The Morgan fingerprint density at radius 1 is 1.17 bits per heavy atom. The fraction of sp³-hybridized carbons (Fsp3) is 0.361. The minimum atomic E-state index is -0.182. The summed E-state index contributed by atoms with van der Waals surface area (Å²) in [5, 5.41) is 10.6. The van der Waals surface area contributed by atoms with E-state index in [1.165, 1.54) is 0 Å². The topological polar surface area (TPSA) is 100 Å². The third-order valence-electron chi connectivity index (χ3n) is 7.53. The maximum absolute atomic E-state index is 13.1. The molecule has 0 radical (unpaired) electrons. The van der Waals surface area contributed by atoms with Crippen molar-refractivity contribution < 1.29 is 14.3 Å². The van der Waals surface area contributed by atoms with Crippen LogP contribution in [0, 0.1) is 6.92 Å². The largest absolute Gasteiger partial charge is 0.486 e. The lowest BCUT2D eigenvalue weighted by Gasteiger charge is -2.21. The van der Waals surface area contributed by atoms with Gasteiger partial charge in [0.05, 0.1) is 22.1 Å². The number of aromatic nitrogens is 1. The number of benzene rings is 2. The standard InChI is InChI=1S/C36H45ClN6O3/c1-25(2)23-40-36(41-27-13-16-32(30(37)22-27)46-24-28-10-6-7-18-38-28)34-26(3)12-15-31(35(34)39-19-9-21-45-5)42-33(44)17-14-29-11-8-20-43(29)4/h6-7,10,12-18,22-23,29,39H,8-9,11,19-21,24H2,1-5H3,(H,40,41)(H,42,44)/b17-14+. The predicted molar refractivity (Wildman–Crippen MR) is 189 cm³/mol. The molecule has 0 aliphatic carbocycles. The van der Waals surface area contributed by atoms with E-state index < -0.39 is 0 Å². The van der Waals surface area contributed by atoms with Gasteiger partial charge in [0.25, 0.3) is 0 Å². The molecule has 3 aromatic rings. The molecule has 2 heterocycles. The molecule has 1 aliphatic rings. The summed E-state index contributed by atoms with van der Waals surface area (Å²) in [5.74, 6) is 0.975. The average molecular weight is 645 g/mol. The van der Waals surface area contributed by atoms with Gasteiger partial charge in [0, 0.05) is 56.0 Å². The number of carbonyl (C=O) groups is 1. The normalized spacial score (nSPS) is 15.2. The van der Waals surface area contributed by atoms with Crippen molar-refractivity contribution in [1.82, 2.24) is 9.88 Å². The number of likely N-dealkylation sites (N-methyl/N-ethyl adjacent to an activating group) is 1. The first-order chi connectivity index (χ1) is 22.2. The molecule has 10 heteroatoms. The van der Waals surface area contributed by atoms with Crippen LogP contribution in [0.3, 0.4) is 0 Å². The fourth-order valence-electron chi connectivity index (χ4n) is 5.10. The molecule has 1 aromatic heterocycles. The zero-order valence-corrected chi connectivity index (χ0v) is 28.2. The van der Waals surface area contributed by atoms with Gasteiger partial charge in [-0.25, -0.2) is 4.99 Å². The number of nitrogens with one attached hydrogen (secondary N) is 3. The average Bonchev–Trinajstić information content (AvgIpc) is 3.46. The molecule has 1 aliphatic heterocycles. The van der Waals surface area contributed by atoms with Crippen molar-refractivity contribution >= 4 is 40.4 Å². The van der Waals surface area contributed by atoms with Gasteiger partial charge in [0.1, 0.15) is 18.2 Å². The summed E-state index contributed by atoms with van der Waals surface area (Å²) >= 11 is 6.66. The lowest BCUT2D eigenvalue weighted by molar-refractivity contribution is -0.111. The molecule has 46 heavy (non-hydrogen) atoms. The quantitative estimate of drug-likeness (QED) is 0.0726. The van der Waals surface area contributed by atoms with Gasteiger partial charge in [-0.2, -0.15) is 0 Å². The fourth-order valence-corrected chi connectivity index (χ4v) is 5.34. The lowest BCUT2D eigenvalue weighted by Crippen LogP contribution is -2.23. The second kappa shape index (κ2) is 17.5. The van der Waals surface area contributed by atoms with E-state index in [4.69, 9.17) is 26.1 Å². The first-order valence-corrected chi connectivity index (χ1v) is 16.0. The van der Waals surface area contributed by atoms with Crippen LogP contribution in [0.1, 0.15) is 49.9 Å². The van der Waals surface area contributed by atoms with Gasteiger partial charge < -0.3 is 25.4 Å². The van der Waals surface area contributed by atoms with Gasteiger partial charge in [-0.1, -0.05) is 35.4 Å². The van der Waals surface area contributed by atoms with Crippen LogP contribution in [0.25, 0.3) is 0 Å². The predicted octanol–water partition coefficient (Wildman–Crippen LogP) is 7.44. The van der Waals surface area contributed by atoms with Crippen molar-refractivity contribution in [2.24, 2.45) is 4.99 Å². The highest BCUT2D eigenvalue weighted by Gasteiger charge is 2.20. The van der Waals surface area contributed by atoms with E-state index in [0.29, 0.717) is 42.1 Å². The summed E-state index contributed by atoms with van der Waals surface area (Å²) in [5.41, 5.74) is 5.82. The number of hydrogen-bond donors (Lipinski definition) is 3. The van der Waals surface area contributed by atoms with E-state index in [0.717, 1.165) is 59.6 Å². The van der Waals surface area contributed by atoms with Crippen LogP contribution in [-0.4, -0.2) is 61.5 Å². The number of rotatable bonds is 14. The Morgan fingerprint density at radius 2 is 2.02 bits per heavy atom. The number of ether oxygens (including phenoxy) is 2. The number of likely N-dealkylation sites (tertiary alicyclic amines) is 1. The number of allylic oxidation sites excluding steroid dienone is 1. The zero-order chi connectivity index (χ0) is 32.9. The molecule has 1 saturated heterocycles. The molecule has 0 spiro atoms. The molecular formula is C36H45ClN6O3. The van der Waals surface area contributed by atoms with Crippen molar-refractivity contribution in [2.45, 2.75) is 52.7 Å². The zero-order valence-electron chi connectivity index (χ0n) is 27.4. The van der Waals surface area contributed by atoms with E-state index >= 15 is 0 Å². The number of methoxy groups -OCH3 is 1.